The van der Waals surface area contributed by atoms with E-state index in [0.29, 0.717) is 16.6 Å². The lowest BCUT2D eigenvalue weighted by atomic mass is 10.1. The molecule has 1 N–H and O–H groups in total. The van der Waals surface area contributed by atoms with E-state index in [1.165, 1.54) is 18.2 Å². The molecule has 1 atom stereocenters. The van der Waals surface area contributed by atoms with E-state index in [4.69, 9.17) is 28.3 Å². The van der Waals surface area contributed by atoms with Crippen molar-refractivity contribution in [1.82, 2.24) is 9.80 Å². The molecule has 1 aliphatic rings. The Labute approximate surface area is 260 Å². The summed E-state index contributed by atoms with van der Waals surface area (Å²) in [5.74, 6) is -1.19. The zero-order chi connectivity index (χ0) is 29.2. The summed E-state index contributed by atoms with van der Waals surface area (Å²) in [6, 6.07) is 17.3. The summed E-state index contributed by atoms with van der Waals surface area (Å²) in [6.07, 6.45) is 6.00. The van der Waals surface area contributed by atoms with Crippen molar-refractivity contribution in [2.45, 2.75) is 19.5 Å². The van der Waals surface area contributed by atoms with Crippen LogP contribution in [-0.2, 0) is 16.1 Å². The fourth-order valence-electron chi connectivity index (χ4n) is 4.04. The number of rotatable bonds is 6. The van der Waals surface area contributed by atoms with Gasteiger partial charge in [-0.2, -0.15) is 0 Å². The van der Waals surface area contributed by atoms with Gasteiger partial charge in [-0.3, -0.25) is 9.69 Å². The van der Waals surface area contributed by atoms with Gasteiger partial charge in [-0.25, -0.2) is 9.18 Å². The maximum absolute atomic E-state index is 13.0. The Morgan fingerprint density at radius 2 is 1.48 bits per heavy atom. The van der Waals surface area contributed by atoms with Crippen molar-refractivity contribution < 1.29 is 19.1 Å². The van der Waals surface area contributed by atoms with E-state index in [1.54, 1.807) is 36.4 Å². The Morgan fingerprint density at radius 1 is 0.925 bits per heavy atom. The number of piperazine rings is 1. The Kier molecular flexibility index (Phi) is 12.4. The lowest BCUT2D eigenvalue weighted by Crippen LogP contribution is -2.53. The van der Waals surface area contributed by atoms with Gasteiger partial charge in [0.1, 0.15) is 5.82 Å². The quantitative estimate of drug-likeness (QED) is 0.262. The Balaban J connectivity index is 0.000000285. The number of aliphatic carboxylic acids is 1. The van der Waals surface area contributed by atoms with Crippen LogP contribution in [-0.4, -0.2) is 52.5 Å². The summed E-state index contributed by atoms with van der Waals surface area (Å²) in [5.41, 5.74) is 2.78. The molecule has 5 nitrogen and oxygen atoms in total. The lowest BCUT2D eigenvalue weighted by molar-refractivity contribution is -0.131. The summed E-state index contributed by atoms with van der Waals surface area (Å²) < 4.78 is 14.7. The van der Waals surface area contributed by atoms with Crippen molar-refractivity contribution in [3.63, 3.8) is 0 Å². The van der Waals surface area contributed by atoms with Gasteiger partial charge in [-0.1, -0.05) is 79.3 Å². The smallest absolute Gasteiger partial charge is 0.328 e. The molecule has 3 aromatic carbocycles. The zero-order valence-corrected chi connectivity index (χ0v) is 26.2. The largest absolute Gasteiger partial charge is 0.478 e. The summed E-state index contributed by atoms with van der Waals surface area (Å²) in [5, 5.41) is 9.65. The van der Waals surface area contributed by atoms with Crippen LogP contribution in [0, 0.1) is 5.82 Å². The lowest BCUT2D eigenvalue weighted by Gasteiger charge is -2.39. The van der Waals surface area contributed by atoms with Crippen LogP contribution in [0.15, 0.2) is 81.8 Å². The second-order valence-electron chi connectivity index (χ2n) is 9.08. The Hall–Kier alpha value is -2.49. The summed E-state index contributed by atoms with van der Waals surface area (Å²) >= 11 is 18.4. The fraction of sp³-hybridized carbons (Fsp3) is 0.200. The van der Waals surface area contributed by atoms with Crippen LogP contribution >= 0.6 is 55.1 Å². The van der Waals surface area contributed by atoms with Gasteiger partial charge in [0.25, 0.3) is 0 Å². The summed E-state index contributed by atoms with van der Waals surface area (Å²) in [4.78, 5) is 27.0. The second-order valence-corrected chi connectivity index (χ2v) is 11.7. The van der Waals surface area contributed by atoms with Gasteiger partial charge >= 0.3 is 5.97 Å². The minimum absolute atomic E-state index is 0.00535. The van der Waals surface area contributed by atoms with Crippen molar-refractivity contribution in [1.29, 1.82) is 0 Å². The van der Waals surface area contributed by atoms with Crippen molar-refractivity contribution in [3.8, 4) is 0 Å². The number of carbonyl (C=O) groups excluding carboxylic acids is 1. The molecule has 1 amide bonds. The van der Waals surface area contributed by atoms with Gasteiger partial charge in [-0.15, -0.1) is 0 Å². The van der Waals surface area contributed by atoms with Gasteiger partial charge in [-0.05, 0) is 72.2 Å². The van der Waals surface area contributed by atoms with Gasteiger partial charge in [0.05, 0.1) is 0 Å². The maximum atomic E-state index is 13.0. The molecular weight excluding hydrogens is 686 g/mol. The minimum Gasteiger partial charge on any atom is -0.478 e. The van der Waals surface area contributed by atoms with E-state index in [2.05, 4.69) is 43.7 Å². The predicted octanol–water partition coefficient (Wildman–Crippen LogP) is 8.19. The monoisotopic (exact) mass is 710 g/mol. The number of hydrogen-bond acceptors (Lipinski definition) is 3. The van der Waals surface area contributed by atoms with Crippen LogP contribution in [0.1, 0.15) is 23.6 Å². The fourth-order valence-corrected chi connectivity index (χ4v) is 5.67. The number of carboxylic acid groups (broad SMARTS) is 1. The number of benzene rings is 3. The number of amides is 1. The molecule has 0 aromatic heterocycles. The van der Waals surface area contributed by atoms with Crippen molar-refractivity contribution in [3.05, 3.63) is 114 Å². The van der Waals surface area contributed by atoms with Crippen LogP contribution < -0.4 is 0 Å². The van der Waals surface area contributed by atoms with E-state index < -0.39 is 5.97 Å². The topological polar surface area (TPSA) is 60.9 Å². The van der Waals surface area contributed by atoms with Crippen LogP contribution in [0.5, 0.6) is 0 Å². The molecule has 1 saturated heterocycles. The third-order valence-corrected chi connectivity index (χ3v) is 7.89. The average Bonchev–Trinajstić information content (AvgIpc) is 2.89. The van der Waals surface area contributed by atoms with Crippen molar-refractivity contribution in [2.75, 3.05) is 19.6 Å². The number of carbonyl (C=O) groups is 2. The zero-order valence-electron chi connectivity index (χ0n) is 21.5. The first kappa shape index (κ1) is 32.0. The van der Waals surface area contributed by atoms with E-state index in [1.807, 2.05) is 29.2 Å². The van der Waals surface area contributed by atoms with E-state index in [-0.39, 0.29) is 17.8 Å². The normalized spacial score (nSPS) is 15.8. The SMILES string of the molecule is C[C@@H]1CN(Cc2ccc(F)cc2)CCN1C(=O)/C=C/c1ccc(Cl)cc1Br.O=C(O)/C=C/c1ccc(Cl)cc1Br. The molecule has 1 heterocycles. The second kappa shape index (κ2) is 15.5. The van der Waals surface area contributed by atoms with Crippen LogP contribution in [0.25, 0.3) is 12.2 Å². The highest BCUT2D eigenvalue weighted by atomic mass is 79.9. The number of nitrogens with zero attached hydrogens (tertiary/aromatic N) is 2. The predicted molar refractivity (Wildman–Crippen MR) is 167 cm³/mol. The van der Waals surface area contributed by atoms with E-state index in [9.17, 15) is 14.0 Å². The highest BCUT2D eigenvalue weighted by Crippen LogP contribution is 2.24. The highest BCUT2D eigenvalue weighted by Gasteiger charge is 2.26. The molecule has 0 bridgehead atoms. The minimum atomic E-state index is -0.971. The average molecular weight is 713 g/mol. The molecular formula is C30H27Br2Cl2FN2O3. The molecule has 40 heavy (non-hydrogen) atoms. The van der Waals surface area contributed by atoms with Gasteiger partial charge in [0.15, 0.2) is 0 Å². The van der Waals surface area contributed by atoms with Gasteiger partial charge in [0, 0.05) is 63.4 Å². The molecule has 0 unspecified atom stereocenters. The Bertz CT molecular complexity index is 1400. The number of halogens is 5. The first-order chi connectivity index (χ1) is 19.0. The Morgan fingerprint density at radius 3 is 1.98 bits per heavy atom. The third-order valence-electron chi connectivity index (χ3n) is 6.05. The van der Waals surface area contributed by atoms with Crippen molar-refractivity contribution in [2.24, 2.45) is 0 Å². The molecule has 0 aliphatic carbocycles. The number of hydrogen-bond donors (Lipinski definition) is 1. The van der Waals surface area contributed by atoms with Crippen LogP contribution in [0.3, 0.4) is 0 Å². The molecule has 3 aromatic rings. The summed E-state index contributed by atoms with van der Waals surface area (Å²) in [7, 11) is 0. The highest BCUT2D eigenvalue weighted by molar-refractivity contribution is 9.10. The molecule has 1 aliphatic heterocycles. The maximum Gasteiger partial charge on any atom is 0.328 e. The van der Waals surface area contributed by atoms with E-state index in [0.717, 1.165) is 51.3 Å². The van der Waals surface area contributed by atoms with Crippen LogP contribution in [0.4, 0.5) is 4.39 Å². The van der Waals surface area contributed by atoms with Crippen molar-refractivity contribution >= 4 is 79.1 Å². The van der Waals surface area contributed by atoms with Crippen LogP contribution in [0.2, 0.25) is 10.0 Å². The standard InChI is InChI=1S/C21H21BrClFN2O.C9H6BrClO2/c1-15-13-25(14-16-2-7-19(24)8-3-16)10-11-26(15)21(27)9-5-17-4-6-18(23)12-20(17)22;10-8-5-7(11)3-1-6(8)2-4-9(12)13/h2-9,12,15H,10-11,13-14H2,1H3;1-5H,(H,12,13)/b9-5+;4-2+/t15-;/m1./s1. The first-order valence-electron chi connectivity index (χ1n) is 12.3. The molecule has 0 radical (unpaired) electrons. The van der Waals surface area contributed by atoms with Gasteiger partial charge < -0.3 is 10.0 Å². The molecule has 0 spiro atoms. The van der Waals surface area contributed by atoms with Gasteiger partial charge in [0.2, 0.25) is 5.91 Å². The summed E-state index contributed by atoms with van der Waals surface area (Å²) in [6.45, 7) is 5.09. The molecule has 0 saturated carbocycles. The molecule has 1 fully saturated rings. The number of carboxylic acids is 1. The first-order valence-corrected chi connectivity index (χ1v) is 14.6. The third kappa shape index (κ3) is 10.2. The molecule has 10 heteroatoms. The molecule has 210 valence electrons. The molecule has 4 rings (SSSR count). The van der Waals surface area contributed by atoms with E-state index >= 15 is 0 Å².